The van der Waals surface area contributed by atoms with Gasteiger partial charge in [0.1, 0.15) is 5.75 Å². The van der Waals surface area contributed by atoms with Crippen LogP contribution in [0.15, 0.2) is 76.6 Å². The van der Waals surface area contributed by atoms with Crippen molar-refractivity contribution >= 4 is 57.2 Å². The molecule has 34 heavy (non-hydrogen) atoms. The molecule has 0 aromatic heterocycles. The van der Waals surface area contributed by atoms with E-state index < -0.39 is 0 Å². The van der Waals surface area contributed by atoms with Gasteiger partial charge in [0, 0.05) is 0 Å². The minimum absolute atomic E-state index is 0.0970. The molecule has 174 valence electrons. The topological polar surface area (TPSA) is 60.4 Å². The maximum atomic E-state index is 13.5. The summed E-state index contributed by atoms with van der Waals surface area (Å²) >= 11 is 3.56. The molecule has 0 atom stereocenters. The second kappa shape index (κ2) is 11.0. The van der Waals surface area contributed by atoms with Gasteiger partial charge in [-0.2, -0.15) is 0 Å². The molecule has 1 amide bonds. The lowest BCUT2D eigenvalue weighted by atomic mass is 10.1. The molecule has 8 heteroatoms. The highest BCUT2D eigenvalue weighted by Gasteiger charge is 2.33. The van der Waals surface area contributed by atoms with Gasteiger partial charge in [-0.3, -0.25) is 9.69 Å². The summed E-state index contributed by atoms with van der Waals surface area (Å²) in [7, 11) is 4.84. The lowest BCUT2D eigenvalue weighted by Gasteiger charge is -2.16. The van der Waals surface area contributed by atoms with Crippen molar-refractivity contribution in [1.82, 2.24) is 4.90 Å². The molecular formula is C26H23IN2O4S. The van der Waals surface area contributed by atoms with Gasteiger partial charge in [-0.25, -0.2) is 4.99 Å². The molecule has 0 N–H and O–H groups in total. The lowest BCUT2D eigenvalue weighted by Crippen LogP contribution is -2.28. The third-order valence-electron chi connectivity index (χ3n) is 5.12. The molecule has 1 aliphatic heterocycles. The Morgan fingerprint density at radius 1 is 0.971 bits per heavy atom. The van der Waals surface area contributed by atoms with E-state index in [9.17, 15) is 4.79 Å². The van der Waals surface area contributed by atoms with Gasteiger partial charge in [-0.1, -0.05) is 30.3 Å². The van der Waals surface area contributed by atoms with Crippen LogP contribution in [0.1, 0.15) is 11.1 Å². The third kappa shape index (κ3) is 5.39. The molecule has 0 unspecified atom stereocenters. The van der Waals surface area contributed by atoms with E-state index in [1.165, 1.54) is 11.8 Å². The smallest absolute Gasteiger partial charge is 0.267 e. The summed E-state index contributed by atoms with van der Waals surface area (Å²) in [5, 5.41) is 0.633. The highest BCUT2D eigenvalue weighted by molar-refractivity contribution is 14.1. The van der Waals surface area contributed by atoms with Crippen LogP contribution >= 0.6 is 34.4 Å². The number of methoxy groups -OCH3 is 3. The summed E-state index contributed by atoms with van der Waals surface area (Å²) in [4.78, 5) is 20.5. The Balaban J connectivity index is 1.70. The van der Waals surface area contributed by atoms with Crippen molar-refractivity contribution in [3.8, 4) is 17.2 Å². The van der Waals surface area contributed by atoms with E-state index >= 15 is 0 Å². The van der Waals surface area contributed by atoms with Gasteiger partial charge in [-0.05, 0) is 88.0 Å². The Hall–Kier alpha value is -2.98. The van der Waals surface area contributed by atoms with Crippen molar-refractivity contribution in [3.05, 3.63) is 86.3 Å². The van der Waals surface area contributed by atoms with Gasteiger partial charge in [-0.15, -0.1) is 0 Å². The first-order valence-corrected chi connectivity index (χ1v) is 12.3. The van der Waals surface area contributed by atoms with Gasteiger partial charge < -0.3 is 14.2 Å². The minimum Gasteiger partial charge on any atom is -0.497 e. The van der Waals surface area contributed by atoms with Crippen LogP contribution in [0, 0.1) is 3.57 Å². The molecule has 3 aromatic carbocycles. The number of rotatable bonds is 7. The first kappa shape index (κ1) is 24.2. The lowest BCUT2D eigenvalue weighted by molar-refractivity contribution is -0.122. The van der Waals surface area contributed by atoms with Crippen molar-refractivity contribution < 1.29 is 19.0 Å². The van der Waals surface area contributed by atoms with Gasteiger partial charge in [0.05, 0.1) is 42.0 Å². The largest absolute Gasteiger partial charge is 0.497 e. The Kier molecular flexibility index (Phi) is 7.79. The van der Waals surface area contributed by atoms with E-state index in [2.05, 4.69) is 22.6 Å². The average molecular weight is 586 g/mol. The molecule has 4 rings (SSSR count). The number of aliphatic imine (C=N–C) groups is 1. The normalized spacial score (nSPS) is 15.8. The molecule has 0 spiro atoms. The predicted octanol–water partition coefficient (Wildman–Crippen LogP) is 6.12. The summed E-state index contributed by atoms with van der Waals surface area (Å²) in [6, 6.07) is 21.1. The van der Waals surface area contributed by atoms with Gasteiger partial charge in [0.25, 0.3) is 5.91 Å². The number of halogens is 1. The molecule has 6 nitrogen and oxygen atoms in total. The summed E-state index contributed by atoms with van der Waals surface area (Å²) in [6.45, 7) is 0.405. The summed E-state index contributed by atoms with van der Waals surface area (Å²) in [6.07, 6.45) is 1.87. The van der Waals surface area contributed by atoms with Crippen molar-refractivity contribution in [2.75, 3.05) is 21.3 Å². The first-order chi connectivity index (χ1) is 16.5. The standard InChI is InChI=1S/C26H23IN2O4S/c1-31-20-11-9-17(10-12-20)16-29-25(30)23(34-26(29)28-19-7-5-4-6-8-19)15-18-13-21(27)24(33-3)22(14-18)32-2/h4-15H,16H2,1-3H3/b23-15-,28-26?. The van der Waals surface area contributed by atoms with Gasteiger partial charge in [0.2, 0.25) is 0 Å². The van der Waals surface area contributed by atoms with E-state index in [0.717, 1.165) is 26.1 Å². The maximum absolute atomic E-state index is 13.5. The molecule has 1 aliphatic rings. The second-order valence-corrected chi connectivity index (χ2v) is 9.49. The zero-order chi connectivity index (χ0) is 24.1. The number of carbonyl (C=O) groups is 1. The summed E-state index contributed by atoms with van der Waals surface area (Å²) in [5.41, 5.74) is 2.63. The molecule has 0 aliphatic carbocycles. The number of nitrogens with zero attached hydrogens (tertiary/aromatic N) is 2. The number of benzene rings is 3. The van der Waals surface area contributed by atoms with Crippen molar-refractivity contribution in [2.24, 2.45) is 4.99 Å². The first-order valence-electron chi connectivity index (χ1n) is 10.4. The maximum Gasteiger partial charge on any atom is 0.267 e. The van der Waals surface area contributed by atoms with Gasteiger partial charge in [0.15, 0.2) is 16.7 Å². The highest BCUT2D eigenvalue weighted by atomic mass is 127. The number of hydrogen-bond donors (Lipinski definition) is 0. The fraction of sp³-hybridized carbons (Fsp3) is 0.154. The van der Waals surface area contributed by atoms with Crippen molar-refractivity contribution in [2.45, 2.75) is 6.54 Å². The number of amides is 1. The van der Waals surface area contributed by atoms with E-state index in [-0.39, 0.29) is 5.91 Å². The van der Waals surface area contributed by atoms with Crippen LogP contribution < -0.4 is 14.2 Å². The Morgan fingerprint density at radius 3 is 2.35 bits per heavy atom. The fourth-order valence-electron chi connectivity index (χ4n) is 3.43. The van der Waals surface area contributed by atoms with Crippen LogP contribution in [-0.4, -0.2) is 37.3 Å². The molecule has 1 fully saturated rings. The van der Waals surface area contributed by atoms with E-state index in [1.807, 2.05) is 72.8 Å². The number of carbonyl (C=O) groups excluding carboxylic acids is 1. The monoisotopic (exact) mass is 586 g/mol. The molecular weight excluding hydrogens is 563 g/mol. The van der Waals surface area contributed by atoms with E-state index in [1.54, 1.807) is 26.2 Å². The SMILES string of the molecule is COc1ccc(CN2C(=O)/C(=C/c3cc(I)c(OC)c(OC)c3)SC2=Nc2ccccc2)cc1. The molecule has 0 bridgehead atoms. The summed E-state index contributed by atoms with van der Waals surface area (Å²) in [5.74, 6) is 1.96. The van der Waals surface area contributed by atoms with Gasteiger partial charge >= 0.3 is 0 Å². The number of hydrogen-bond acceptors (Lipinski definition) is 6. The van der Waals surface area contributed by atoms with Crippen LogP contribution in [-0.2, 0) is 11.3 Å². The summed E-state index contributed by atoms with van der Waals surface area (Å²) < 4.78 is 17.1. The van der Waals surface area contributed by atoms with Crippen molar-refractivity contribution in [3.63, 3.8) is 0 Å². The van der Waals surface area contributed by atoms with Crippen LogP contribution in [0.4, 0.5) is 5.69 Å². The Labute approximate surface area is 216 Å². The van der Waals surface area contributed by atoms with Crippen LogP contribution in [0.2, 0.25) is 0 Å². The van der Waals surface area contributed by atoms with Crippen LogP contribution in [0.25, 0.3) is 6.08 Å². The second-order valence-electron chi connectivity index (χ2n) is 7.32. The average Bonchev–Trinajstić information content (AvgIpc) is 3.13. The molecule has 3 aromatic rings. The highest BCUT2D eigenvalue weighted by Crippen LogP contribution is 2.38. The third-order valence-corrected chi connectivity index (χ3v) is 6.93. The number of thioether (sulfide) groups is 1. The molecule has 0 radical (unpaired) electrons. The van der Waals surface area contributed by atoms with E-state index in [0.29, 0.717) is 28.1 Å². The number of para-hydroxylation sites is 1. The zero-order valence-electron chi connectivity index (χ0n) is 18.9. The van der Waals surface area contributed by atoms with E-state index in [4.69, 9.17) is 19.2 Å². The predicted molar refractivity (Wildman–Crippen MR) is 145 cm³/mol. The van der Waals surface area contributed by atoms with Crippen LogP contribution in [0.3, 0.4) is 0 Å². The van der Waals surface area contributed by atoms with Crippen molar-refractivity contribution in [1.29, 1.82) is 0 Å². The Morgan fingerprint density at radius 2 is 1.71 bits per heavy atom. The molecule has 1 heterocycles. The number of ether oxygens (including phenoxy) is 3. The Bertz CT molecular complexity index is 1240. The quantitative estimate of drug-likeness (QED) is 0.247. The molecule has 0 saturated carbocycles. The zero-order valence-corrected chi connectivity index (χ0v) is 21.9. The fourth-order valence-corrected chi connectivity index (χ4v) is 5.27. The number of amidine groups is 1. The van der Waals surface area contributed by atoms with Crippen LogP contribution in [0.5, 0.6) is 17.2 Å². The minimum atomic E-state index is -0.0970. The molecule has 1 saturated heterocycles.